The lowest BCUT2D eigenvalue weighted by molar-refractivity contribution is 0.106. The first kappa shape index (κ1) is 17.6. The highest BCUT2D eigenvalue weighted by Gasteiger charge is 2.24. The molecule has 8 heteroatoms. The summed E-state index contributed by atoms with van der Waals surface area (Å²) in [6, 6.07) is 6.26. The van der Waals surface area contributed by atoms with E-state index in [1.807, 2.05) is 0 Å². The molecule has 1 N–H and O–H groups in total. The maximum absolute atomic E-state index is 12.3. The highest BCUT2D eigenvalue weighted by molar-refractivity contribution is 7.89. The molecule has 1 fully saturated rings. The van der Waals surface area contributed by atoms with E-state index in [0.29, 0.717) is 25.4 Å². The first-order valence-corrected chi connectivity index (χ1v) is 8.91. The van der Waals surface area contributed by atoms with Gasteiger partial charge in [-0.2, -0.15) is 0 Å². The molecule has 23 heavy (non-hydrogen) atoms. The number of ether oxygens (including phenoxy) is 2. The zero-order valence-corrected chi connectivity index (χ0v) is 14.1. The zero-order chi connectivity index (χ0) is 16.9. The second-order valence-electron chi connectivity index (χ2n) is 5.43. The van der Waals surface area contributed by atoms with Gasteiger partial charge in [0.2, 0.25) is 10.0 Å². The van der Waals surface area contributed by atoms with Gasteiger partial charge in [0, 0.05) is 19.6 Å². The van der Waals surface area contributed by atoms with Crippen LogP contribution in [-0.4, -0.2) is 53.3 Å². The minimum atomic E-state index is -3.53. The number of likely N-dealkylation sites (tertiary alicyclic amines) is 1. The molecule has 0 saturated carbocycles. The lowest BCUT2D eigenvalue weighted by Crippen LogP contribution is -2.41. The van der Waals surface area contributed by atoms with Crippen LogP contribution in [0.15, 0.2) is 29.2 Å². The van der Waals surface area contributed by atoms with Crippen molar-refractivity contribution in [3.8, 4) is 5.75 Å². The van der Waals surface area contributed by atoms with Gasteiger partial charge < -0.3 is 14.4 Å². The molecule has 0 spiro atoms. The fourth-order valence-corrected chi connectivity index (χ4v) is 3.63. The summed E-state index contributed by atoms with van der Waals surface area (Å²) in [5.41, 5.74) is 0. The summed E-state index contributed by atoms with van der Waals surface area (Å²) < 4.78 is 36.9. The quantitative estimate of drug-likeness (QED) is 0.875. The number of benzene rings is 1. The van der Waals surface area contributed by atoms with E-state index in [2.05, 4.69) is 9.46 Å². The Morgan fingerprint density at radius 2 is 1.83 bits per heavy atom. The van der Waals surface area contributed by atoms with E-state index in [1.54, 1.807) is 17.0 Å². The van der Waals surface area contributed by atoms with Crippen molar-refractivity contribution in [1.29, 1.82) is 0 Å². The van der Waals surface area contributed by atoms with Gasteiger partial charge in [-0.3, -0.25) is 0 Å². The molecule has 0 atom stereocenters. The standard InChI is InChI=1S/C15H22N2O5S/c1-21-13-3-5-14(6-4-13)23(19,20)16-11-12-7-9-17(10-8-12)15(18)22-2/h3-6,12,16H,7-11H2,1-2H3. The van der Waals surface area contributed by atoms with E-state index < -0.39 is 10.0 Å². The van der Waals surface area contributed by atoms with E-state index in [4.69, 9.17) is 4.74 Å². The number of sulfonamides is 1. The number of hydrogen-bond donors (Lipinski definition) is 1. The van der Waals surface area contributed by atoms with Crippen LogP contribution in [0.2, 0.25) is 0 Å². The highest BCUT2D eigenvalue weighted by Crippen LogP contribution is 2.19. The third-order valence-corrected chi connectivity index (χ3v) is 5.42. The monoisotopic (exact) mass is 342 g/mol. The van der Waals surface area contributed by atoms with Crippen molar-refractivity contribution < 1.29 is 22.7 Å². The van der Waals surface area contributed by atoms with Crippen LogP contribution in [-0.2, 0) is 14.8 Å². The molecule has 0 radical (unpaired) electrons. The summed E-state index contributed by atoms with van der Waals surface area (Å²) in [5.74, 6) is 0.822. The number of rotatable bonds is 5. The first-order chi connectivity index (χ1) is 11.0. The molecule has 7 nitrogen and oxygen atoms in total. The van der Waals surface area contributed by atoms with Crippen LogP contribution in [0.1, 0.15) is 12.8 Å². The molecule has 1 aliphatic heterocycles. The van der Waals surface area contributed by atoms with Crippen LogP contribution < -0.4 is 9.46 Å². The average Bonchev–Trinajstić information content (AvgIpc) is 2.60. The average molecular weight is 342 g/mol. The van der Waals surface area contributed by atoms with E-state index in [9.17, 15) is 13.2 Å². The summed E-state index contributed by atoms with van der Waals surface area (Å²) in [6.07, 6.45) is 1.17. The third-order valence-electron chi connectivity index (χ3n) is 3.98. The van der Waals surface area contributed by atoms with Crippen molar-refractivity contribution in [2.45, 2.75) is 17.7 Å². The summed E-state index contributed by atoms with van der Waals surface area (Å²) in [4.78, 5) is 13.3. The number of hydrogen-bond acceptors (Lipinski definition) is 5. The Morgan fingerprint density at radius 3 is 2.35 bits per heavy atom. The second-order valence-corrected chi connectivity index (χ2v) is 7.19. The molecule has 0 bridgehead atoms. The Labute approximate surface area is 136 Å². The van der Waals surface area contributed by atoms with Gasteiger partial charge >= 0.3 is 6.09 Å². The lowest BCUT2D eigenvalue weighted by Gasteiger charge is -2.30. The Bertz CT molecular complexity index is 622. The van der Waals surface area contributed by atoms with Gasteiger partial charge in [-0.25, -0.2) is 17.9 Å². The van der Waals surface area contributed by atoms with Gasteiger partial charge in [-0.15, -0.1) is 0 Å². The highest BCUT2D eigenvalue weighted by atomic mass is 32.2. The Kier molecular flexibility index (Phi) is 5.84. The predicted octanol–water partition coefficient (Wildman–Crippen LogP) is 1.45. The number of nitrogens with one attached hydrogen (secondary N) is 1. The zero-order valence-electron chi connectivity index (χ0n) is 13.3. The van der Waals surface area contributed by atoms with Crippen molar-refractivity contribution in [2.24, 2.45) is 5.92 Å². The molecule has 1 aromatic rings. The second kappa shape index (κ2) is 7.65. The minimum Gasteiger partial charge on any atom is -0.497 e. The van der Waals surface area contributed by atoms with Gasteiger partial charge in [-0.05, 0) is 43.0 Å². The molecule has 0 unspecified atom stereocenters. The molecule has 0 aromatic heterocycles. The number of carbonyl (C=O) groups is 1. The number of carbonyl (C=O) groups excluding carboxylic acids is 1. The van der Waals surface area contributed by atoms with Crippen LogP contribution in [0, 0.1) is 5.92 Å². The van der Waals surface area contributed by atoms with Crippen LogP contribution in [0.4, 0.5) is 4.79 Å². The third kappa shape index (κ3) is 4.59. The van der Waals surface area contributed by atoms with Crippen LogP contribution in [0.25, 0.3) is 0 Å². The Hall–Kier alpha value is -1.80. The smallest absolute Gasteiger partial charge is 0.409 e. The van der Waals surface area contributed by atoms with Crippen LogP contribution in [0.5, 0.6) is 5.75 Å². The SMILES string of the molecule is COC(=O)N1CCC(CNS(=O)(=O)c2ccc(OC)cc2)CC1. The summed E-state index contributed by atoms with van der Waals surface area (Å²) in [6.45, 7) is 1.53. The van der Waals surface area contributed by atoms with Crippen LogP contribution in [0.3, 0.4) is 0 Å². The number of amides is 1. The van der Waals surface area contributed by atoms with Crippen molar-refractivity contribution in [2.75, 3.05) is 33.9 Å². The minimum absolute atomic E-state index is 0.212. The maximum Gasteiger partial charge on any atom is 0.409 e. The van der Waals surface area contributed by atoms with E-state index in [1.165, 1.54) is 26.4 Å². The predicted molar refractivity (Wildman–Crippen MR) is 84.9 cm³/mol. The number of piperidine rings is 1. The number of nitrogens with zero attached hydrogens (tertiary/aromatic N) is 1. The topological polar surface area (TPSA) is 84.9 Å². The first-order valence-electron chi connectivity index (χ1n) is 7.43. The van der Waals surface area contributed by atoms with Crippen molar-refractivity contribution in [3.63, 3.8) is 0 Å². The van der Waals surface area contributed by atoms with Gasteiger partial charge in [0.15, 0.2) is 0 Å². The molecule has 1 saturated heterocycles. The van der Waals surface area contributed by atoms with E-state index in [-0.39, 0.29) is 16.9 Å². The summed E-state index contributed by atoms with van der Waals surface area (Å²) in [7, 11) is -0.641. The normalized spacial score (nSPS) is 16.2. The molecular weight excluding hydrogens is 320 g/mol. The van der Waals surface area contributed by atoms with Crippen molar-refractivity contribution in [3.05, 3.63) is 24.3 Å². The van der Waals surface area contributed by atoms with Gasteiger partial charge in [-0.1, -0.05) is 0 Å². The molecule has 0 aliphatic carbocycles. The number of methoxy groups -OCH3 is 2. The van der Waals surface area contributed by atoms with Crippen molar-refractivity contribution in [1.82, 2.24) is 9.62 Å². The molecular formula is C15H22N2O5S. The van der Waals surface area contributed by atoms with Crippen molar-refractivity contribution >= 4 is 16.1 Å². The van der Waals surface area contributed by atoms with E-state index >= 15 is 0 Å². The fourth-order valence-electron chi connectivity index (χ4n) is 2.51. The summed E-state index contributed by atoms with van der Waals surface area (Å²) in [5, 5.41) is 0. The van der Waals surface area contributed by atoms with E-state index in [0.717, 1.165) is 12.8 Å². The molecule has 1 amide bonds. The Balaban J connectivity index is 1.86. The lowest BCUT2D eigenvalue weighted by atomic mass is 9.97. The molecule has 1 aliphatic rings. The van der Waals surface area contributed by atoms with Gasteiger partial charge in [0.1, 0.15) is 5.75 Å². The summed E-state index contributed by atoms with van der Waals surface area (Å²) >= 11 is 0. The van der Waals surface area contributed by atoms with Crippen LogP contribution >= 0.6 is 0 Å². The molecule has 1 aromatic carbocycles. The largest absolute Gasteiger partial charge is 0.497 e. The maximum atomic E-state index is 12.3. The molecule has 2 rings (SSSR count). The fraction of sp³-hybridized carbons (Fsp3) is 0.533. The van der Waals surface area contributed by atoms with Gasteiger partial charge in [0.05, 0.1) is 19.1 Å². The molecule has 128 valence electrons. The van der Waals surface area contributed by atoms with Gasteiger partial charge in [0.25, 0.3) is 0 Å². The Morgan fingerprint density at radius 1 is 1.22 bits per heavy atom. The molecule has 1 heterocycles.